The smallest absolute Gasteiger partial charge is 0.276 e. The van der Waals surface area contributed by atoms with Gasteiger partial charge in [-0.3, -0.25) is 9.78 Å². The maximum atomic E-state index is 12.9. The Morgan fingerprint density at radius 2 is 2.21 bits per heavy atom. The molecule has 3 rings (SSSR count). The quantitative estimate of drug-likeness (QED) is 0.919. The molecule has 2 aromatic heterocycles. The lowest BCUT2D eigenvalue weighted by Gasteiger charge is -2.20. The van der Waals surface area contributed by atoms with E-state index in [9.17, 15) is 4.79 Å². The second kappa shape index (κ2) is 5.95. The van der Waals surface area contributed by atoms with Crippen LogP contribution in [0, 0.1) is 0 Å². The van der Waals surface area contributed by atoms with Crippen LogP contribution in [-0.4, -0.2) is 38.5 Å². The third-order valence-corrected chi connectivity index (χ3v) is 3.72. The zero-order valence-corrected chi connectivity index (χ0v) is 14.1. The minimum Gasteiger partial charge on any atom is -0.366 e. The van der Waals surface area contributed by atoms with Gasteiger partial charge in [0.25, 0.3) is 5.91 Å². The molecule has 3 heterocycles. The van der Waals surface area contributed by atoms with Gasteiger partial charge in [0, 0.05) is 19.8 Å². The Morgan fingerprint density at radius 1 is 1.42 bits per heavy atom. The Labute approximate surface area is 140 Å². The largest absolute Gasteiger partial charge is 0.366 e. The minimum atomic E-state index is -0.587. The number of amidine groups is 1. The Kier molecular flexibility index (Phi) is 3.96. The standard InChI is InChI=1S/C16H20N6O2/c1-5-22(11-7-6-8-17-9-11)15(23)12-10-18-14(21(12)4)13-19-16(2,3)24-20-13/h6-10H,5H2,1-4H3,(H,19,20). The second-order valence-corrected chi connectivity index (χ2v) is 5.95. The van der Waals surface area contributed by atoms with E-state index in [1.165, 1.54) is 0 Å². The first kappa shape index (κ1) is 16.0. The molecule has 8 heteroatoms. The third-order valence-electron chi connectivity index (χ3n) is 3.72. The third kappa shape index (κ3) is 2.82. The summed E-state index contributed by atoms with van der Waals surface area (Å²) in [5.41, 5.74) is 0.620. The first-order valence-electron chi connectivity index (χ1n) is 7.71. The van der Waals surface area contributed by atoms with Crippen LogP contribution in [0.4, 0.5) is 5.69 Å². The molecule has 0 fully saturated rings. The van der Waals surface area contributed by atoms with Gasteiger partial charge in [-0.15, -0.1) is 0 Å². The van der Waals surface area contributed by atoms with Crippen molar-refractivity contribution < 1.29 is 9.63 Å². The lowest BCUT2D eigenvalue weighted by molar-refractivity contribution is -0.00234. The van der Waals surface area contributed by atoms with Crippen LogP contribution >= 0.6 is 0 Å². The molecule has 2 aromatic rings. The summed E-state index contributed by atoms with van der Waals surface area (Å²) in [5, 5.41) is 7.13. The van der Waals surface area contributed by atoms with Crippen molar-refractivity contribution in [1.29, 1.82) is 0 Å². The van der Waals surface area contributed by atoms with E-state index in [1.807, 2.05) is 26.8 Å². The summed E-state index contributed by atoms with van der Waals surface area (Å²) in [4.78, 5) is 28.2. The van der Waals surface area contributed by atoms with E-state index in [2.05, 4.69) is 20.4 Å². The molecule has 0 bridgehead atoms. The molecule has 0 aliphatic carbocycles. The number of imidazole rings is 1. The fourth-order valence-corrected chi connectivity index (χ4v) is 2.51. The van der Waals surface area contributed by atoms with Crippen LogP contribution < -0.4 is 10.2 Å². The van der Waals surface area contributed by atoms with Gasteiger partial charge in [0.2, 0.25) is 11.6 Å². The average molecular weight is 328 g/mol. The molecule has 0 unspecified atom stereocenters. The van der Waals surface area contributed by atoms with E-state index in [0.29, 0.717) is 23.9 Å². The van der Waals surface area contributed by atoms with Gasteiger partial charge < -0.3 is 19.6 Å². The molecule has 0 saturated heterocycles. The predicted molar refractivity (Wildman–Crippen MR) is 89.6 cm³/mol. The molecule has 0 aromatic carbocycles. The molecule has 0 spiro atoms. The molecular formula is C16H20N6O2. The molecule has 1 amide bonds. The molecule has 0 atom stereocenters. The number of nitrogens with one attached hydrogen (secondary N) is 1. The zero-order chi connectivity index (χ0) is 17.3. The van der Waals surface area contributed by atoms with Gasteiger partial charge in [0.1, 0.15) is 5.69 Å². The fraction of sp³-hybridized carbons (Fsp3) is 0.375. The molecule has 0 radical (unpaired) electrons. The molecule has 1 aliphatic heterocycles. The number of oxime groups is 1. The van der Waals surface area contributed by atoms with Crippen LogP contribution in [0.1, 0.15) is 37.1 Å². The number of amides is 1. The summed E-state index contributed by atoms with van der Waals surface area (Å²) in [6.45, 7) is 6.17. The summed E-state index contributed by atoms with van der Waals surface area (Å²) >= 11 is 0. The molecule has 24 heavy (non-hydrogen) atoms. The summed E-state index contributed by atoms with van der Waals surface area (Å²) in [7, 11) is 1.78. The maximum Gasteiger partial charge on any atom is 0.276 e. The Morgan fingerprint density at radius 3 is 2.79 bits per heavy atom. The van der Waals surface area contributed by atoms with Gasteiger partial charge in [-0.1, -0.05) is 5.16 Å². The summed E-state index contributed by atoms with van der Waals surface area (Å²) in [6.07, 6.45) is 4.89. The van der Waals surface area contributed by atoms with E-state index in [-0.39, 0.29) is 5.91 Å². The highest BCUT2D eigenvalue weighted by molar-refractivity contribution is 6.06. The average Bonchev–Trinajstić information content (AvgIpc) is 3.11. The fourth-order valence-electron chi connectivity index (χ4n) is 2.51. The molecule has 8 nitrogen and oxygen atoms in total. The van der Waals surface area contributed by atoms with Gasteiger partial charge in [-0.05, 0) is 32.9 Å². The van der Waals surface area contributed by atoms with Crippen LogP contribution in [0.25, 0.3) is 0 Å². The lowest BCUT2D eigenvalue weighted by atomic mass is 10.3. The van der Waals surface area contributed by atoms with Gasteiger partial charge in [-0.25, -0.2) is 4.98 Å². The van der Waals surface area contributed by atoms with E-state index >= 15 is 0 Å². The van der Waals surface area contributed by atoms with Crippen molar-refractivity contribution in [3.8, 4) is 0 Å². The van der Waals surface area contributed by atoms with Crippen molar-refractivity contribution in [3.05, 3.63) is 42.2 Å². The zero-order valence-electron chi connectivity index (χ0n) is 14.1. The SMILES string of the molecule is CCN(C(=O)c1cnc(C2=NOC(C)(C)N2)n1C)c1cccnc1. The molecular weight excluding hydrogens is 308 g/mol. The van der Waals surface area contributed by atoms with E-state index < -0.39 is 5.72 Å². The van der Waals surface area contributed by atoms with Crippen molar-refractivity contribution in [1.82, 2.24) is 19.9 Å². The van der Waals surface area contributed by atoms with Crippen molar-refractivity contribution in [2.75, 3.05) is 11.4 Å². The normalized spacial score (nSPS) is 15.4. The van der Waals surface area contributed by atoms with E-state index in [4.69, 9.17) is 4.84 Å². The van der Waals surface area contributed by atoms with Gasteiger partial charge in [-0.2, -0.15) is 0 Å². The Hall–Kier alpha value is -2.90. The number of anilines is 1. The molecule has 0 saturated carbocycles. The van der Waals surface area contributed by atoms with E-state index in [0.717, 1.165) is 5.69 Å². The number of hydrogen-bond acceptors (Lipinski definition) is 6. The first-order chi connectivity index (χ1) is 11.4. The van der Waals surface area contributed by atoms with Crippen LogP contribution in [0.15, 0.2) is 35.9 Å². The molecule has 1 N–H and O–H groups in total. The number of carbonyl (C=O) groups is 1. The summed E-state index contributed by atoms with van der Waals surface area (Å²) in [6, 6.07) is 3.65. The van der Waals surface area contributed by atoms with Gasteiger partial charge in [0.15, 0.2) is 5.82 Å². The minimum absolute atomic E-state index is 0.148. The highest BCUT2D eigenvalue weighted by Gasteiger charge is 2.31. The van der Waals surface area contributed by atoms with Gasteiger partial charge >= 0.3 is 0 Å². The van der Waals surface area contributed by atoms with Crippen LogP contribution in [0.3, 0.4) is 0 Å². The number of carbonyl (C=O) groups excluding carboxylic acids is 1. The van der Waals surface area contributed by atoms with E-state index in [1.54, 1.807) is 41.2 Å². The van der Waals surface area contributed by atoms with Crippen molar-refractivity contribution in [2.45, 2.75) is 26.5 Å². The monoisotopic (exact) mass is 328 g/mol. The maximum absolute atomic E-state index is 12.9. The molecule has 1 aliphatic rings. The Balaban J connectivity index is 1.89. The van der Waals surface area contributed by atoms with Crippen molar-refractivity contribution in [2.24, 2.45) is 12.2 Å². The van der Waals surface area contributed by atoms with Crippen molar-refractivity contribution >= 4 is 17.4 Å². The van der Waals surface area contributed by atoms with Crippen LogP contribution in [0.2, 0.25) is 0 Å². The van der Waals surface area contributed by atoms with Crippen LogP contribution in [-0.2, 0) is 11.9 Å². The highest BCUT2D eigenvalue weighted by Crippen LogP contribution is 2.18. The first-order valence-corrected chi connectivity index (χ1v) is 7.71. The number of pyridine rings is 1. The second-order valence-electron chi connectivity index (χ2n) is 5.95. The highest BCUT2D eigenvalue weighted by atomic mass is 16.7. The lowest BCUT2D eigenvalue weighted by Crippen LogP contribution is -2.40. The predicted octanol–water partition coefficient (Wildman–Crippen LogP) is 1.50. The van der Waals surface area contributed by atoms with Crippen LogP contribution in [0.5, 0.6) is 0 Å². The van der Waals surface area contributed by atoms with Gasteiger partial charge in [0.05, 0.1) is 18.1 Å². The summed E-state index contributed by atoms with van der Waals surface area (Å²) < 4.78 is 1.71. The topological polar surface area (TPSA) is 84.6 Å². The number of aromatic nitrogens is 3. The number of rotatable bonds is 4. The molecule has 126 valence electrons. The van der Waals surface area contributed by atoms with Crippen molar-refractivity contribution in [3.63, 3.8) is 0 Å². The summed E-state index contributed by atoms with van der Waals surface area (Å²) in [5.74, 6) is 0.905. The number of hydrogen-bond donors (Lipinski definition) is 1. The Bertz CT molecular complexity index is 781. The number of nitrogens with zero attached hydrogens (tertiary/aromatic N) is 5.